The van der Waals surface area contributed by atoms with Crippen LogP contribution in [-0.2, 0) is 14.3 Å². The van der Waals surface area contributed by atoms with Crippen molar-refractivity contribution in [3.05, 3.63) is 59.7 Å². The number of nitrogens with one attached hydrogen (secondary N) is 2. The van der Waals surface area contributed by atoms with E-state index in [0.29, 0.717) is 6.42 Å². The minimum Gasteiger partial charge on any atom is -0.481 e. The number of carbonyl (C=O) groups excluding carboxylic acids is 2. The molecule has 7 nitrogen and oxygen atoms in total. The SMILES string of the molecule is CC[C@@H](CC(=O)NC1CCCC1CC(=O)O)NC(=O)OCC1c2ccccc2-c2ccccc21. The molecule has 4 rings (SSSR count). The molecular weight excluding hydrogens is 432 g/mol. The summed E-state index contributed by atoms with van der Waals surface area (Å²) < 4.78 is 5.60. The number of carboxylic acids is 1. The Morgan fingerprint density at radius 1 is 1.03 bits per heavy atom. The van der Waals surface area contributed by atoms with Gasteiger partial charge in [-0.3, -0.25) is 9.59 Å². The van der Waals surface area contributed by atoms with Crippen molar-refractivity contribution in [1.82, 2.24) is 10.6 Å². The number of ether oxygens (including phenoxy) is 1. The van der Waals surface area contributed by atoms with Crippen molar-refractivity contribution in [3.63, 3.8) is 0 Å². The molecule has 2 aromatic carbocycles. The first kappa shape index (κ1) is 23.8. The highest BCUT2D eigenvalue weighted by molar-refractivity contribution is 5.80. The molecule has 2 aromatic rings. The highest BCUT2D eigenvalue weighted by Crippen LogP contribution is 2.44. The Morgan fingerprint density at radius 2 is 1.68 bits per heavy atom. The maximum atomic E-state index is 12.6. The second kappa shape index (κ2) is 10.7. The summed E-state index contributed by atoms with van der Waals surface area (Å²) in [6.45, 7) is 2.13. The highest BCUT2D eigenvalue weighted by atomic mass is 16.5. The molecule has 1 saturated carbocycles. The van der Waals surface area contributed by atoms with E-state index >= 15 is 0 Å². The number of aliphatic carboxylic acids is 1. The Morgan fingerprint density at radius 3 is 2.29 bits per heavy atom. The molecule has 2 aliphatic rings. The molecule has 0 radical (unpaired) electrons. The number of carboxylic acid groups (broad SMARTS) is 1. The van der Waals surface area contributed by atoms with Gasteiger partial charge in [0.2, 0.25) is 5.91 Å². The van der Waals surface area contributed by atoms with Gasteiger partial charge in [0.1, 0.15) is 6.61 Å². The number of alkyl carbamates (subject to hydrolysis) is 1. The van der Waals surface area contributed by atoms with E-state index in [2.05, 4.69) is 34.9 Å². The summed E-state index contributed by atoms with van der Waals surface area (Å²) in [5, 5.41) is 14.9. The fourth-order valence-corrected chi connectivity index (χ4v) is 5.29. The van der Waals surface area contributed by atoms with Crippen molar-refractivity contribution in [1.29, 1.82) is 0 Å². The molecular formula is C27H32N2O5. The van der Waals surface area contributed by atoms with Crippen molar-refractivity contribution >= 4 is 18.0 Å². The van der Waals surface area contributed by atoms with E-state index in [4.69, 9.17) is 9.84 Å². The highest BCUT2D eigenvalue weighted by Gasteiger charge is 2.31. The van der Waals surface area contributed by atoms with Gasteiger partial charge < -0.3 is 20.5 Å². The molecule has 7 heteroatoms. The number of fused-ring (bicyclic) bond motifs is 3. The van der Waals surface area contributed by atoms with Crippen LogP contribution in [0.4, 0.5) is 4.79 Å². The summed E-state index contributed by atoms with van der Waals surface area (Å²) in [5.74, 6) is -1.06. The summed E-state index contributed by atoms with van der Waals surface area (Å²) in [4.78, 5) is 36.2. The second-order valence-corrected chi connectivity index (χ2v) is 9.24. The van der Waals surface area contributed by atoms with E-state index < -0.39 is 12.1 Å². The zero-order valence-corrected chi connectivity index (χ0v) is 19.5. The first-order valence-corrected chi connectivity index (χ1v) is 12.1. The predicted octanol–water partition coefficient (Wildman–Crippen LogP) is 4.45. The Hall–Kier alpha value is -3.35. The van der Waals surface area contributed by atoms with Crippen molar-refractivity contribution in [2.24, 2.45) is 5.92 Å². The van der Waals surface area contributed by atoms with Gasteiger partial charge in [-0.25, -0.2) is 4.79 Å². The van der Waals surface area contributed by atoms with Crippen LogP contribution in [-0.4, -0.2) is 41.8 Å². The fraction of sp³-hybridized carbons (Fsp3) is 0.444. The van der Waals surface area contributed by atoms with Crippen LogP contribution in [0, 0.1) is 5.92 Å². The molecule has 2 amide bonds. The average Bonchev–Trinajstić information content (AvgIpc) is 3.38. The van der Waals surface area contributed by atoms with Crippen LogP contribution >= 0.6 is 0 Å². The third kappa shape index (κ3) is 5.41. The lowest BCUT2D eigenvalue weighted by molar-refractivity contribution is -0.138. The van der Waals surface area contributed by atoms with Crippen molar-refractivity contribution in [3.8, 4) is 11.1 Å². The minimum atomic E-state index is -0.838. The lowest BCUT2D eigenvalue weighted by Gasteiger charge is -2.22. The Balaban J connectivity index is 1.29. The van der Waals surface area contributed by atoms with Gasteiger partial charge in [-0.15, -0.1) is 0 Å². The van der Waals surface area contributed by atoms with Crippen LogP contribution in [0.25, 0.3) is 11.1 Å². The fourth-order valence-electron chi connectivity index (χ4n) is 5.29. The summed E-state index contributed by atoms with van der Waals surface area (Å²) in [5.41, 5.74) is 4.64. The van der Waals surface area contributed by atoms with Crippen LogP contribution in [0.1, 0.15) is 62.5 Å². The summed E-state index contributed by atoms with van der Waals surface area (Å²) in [7, 11) is 0. The normalized spacial score (nSPS) is 19.7. The first-order valence-electron chi connectivity index (χ1n) is 12.1. The second-order valence-electron chi connectivity index (χ2n) is 9.24. The van der Waals surface area contributed by atoms with E-state index in [0.717, 1.165) is 30.4 Å². The quantitative estimate of drug-likeness (QED) is 0.508. The van der Waals surface area contributed by atoms with E-state index in [1.54, 1.807) is 0 Å². The monoisotopic (exact) mass is 464 g/mol. The molecule has 2 aliphatic carbocycles. The Bertz CT molecular complexity index is 1010. The molecule has 0 bridgehead atoms. The van der Waals surface area contributed by atoms with Gasteiger partial charge in [0, 0.05) is 24.4 Å². The van der Waals surface area contributed by atoms with Crippen molar-refractivity contribution in [2.45, 2.75) is 63.5 Å². The standard InChI is InChI=1S/C27H32N2O5/c1-2-18(15-25(30)29-24-13-7-8-17(24)14-26(31)32)28-27(33)34-16-23-21-11-5-3-9-19(21)20-10-4-6-12-22(20)23/h3-6,9-12,17-18,23-24H,2,7-8,13-16H2,1H3,(H,28,33)(H,29,30)(H,31,32)/t17?,18-,24?/m0/s1. The van der Waals surface area contributed by atoms with Gasteiger partial charge >= 0.3 is 12.1 Å². The molecule has 0 spiro atoms. The predicted molar refractivity (Wildman–Crippen MR) is 128 cm³/mol. The van der Waals surface area contributed by atoms with Crippen LogP contribution in [0.5, 0.6) is 0 Å². The summed E-state index contributed by atoms with van der Waals surface area (Å²) in [6, 6.07) is 15.9. The number of hydrogen-bond acceptors (Lipinski definition) is 4. The molecule has 0 saturated heterocycles. The van der Waals surface area contributed by atoms with Gasteiger partial charge in [-0.1, -0.05) is 61.9 Å². The van der Waals surface area contributed by atoms with Crippen LogP contribution < -0.4 is 10.6 Å². The third-order valence-electron chi connectivity index (χ3n) is 7.03. The Labute approximate surface area is 199 Å². The zero-order chi connectivity index (χ0) is 24.1. The maximum absolute atomic E-state index is 12.6. The van der Waals surface area contributed by atoms with Crippen LogP contribution in [0.3, 0.4) is 0 Å². The molecule has 0 heterocycles. The maximum Gasteiger partial charge on any atom is 0.407 e. The van der Waals surface area contributed by atoms with Gasteiger partial charge in [0.15, 0.2) is 0 Å². The average molecular weight is 465 g/mol. The van der Waals surface area contributed by atoms with Crippen LogP contribution in [0.2, 0.25) is 0 Å². The zero-order valence-electron chi connectivity index (χ0n) is 19.5. The van der Waals surface area contributed by atoms with Gasteiger partial charge in [0.25, 0.3) is 0 Å². The Kier molecular flexibility index (Phi) is 7.50. The summed E-state index contributed by atoms with van der Waals surface area (Å²) >= 11 is 0. The minimum absolute atomic E-state index is 0.0185. The molecule has 34 heavy (non-hydrogen) atoms. The first-order chi connectivity index (χ1) is 16.5. The van der Waals surface area contributed by atoms with Crippen LogP contribution in [0.15, 0.2) is 48.5 Å². The molecule has 0 aliphatic heterocycles. The number of benzene rings is 2. The molecule has 3 N–H and O–H groups in total. The molecule has 3 atom stereocenters. The van der Waals surface area contributed by atoms with E-state index in [1.807, 2.05) is 31.2 Å². The van der Waals surface area contributed by atoms with Crippen molar-refractivity contribution < 1.29 is 24.2 Å². The van der Waals surface area contributed by atoms with Gasteiger partial charge in [0.05, 0.1) is 6.42 Å². The summed E-state index contributed by atoms with van der Waals surface area (Å²) in [6.07, 6.45) is 2.77. The van der Waals surface area contributed by atoms with Gasteiger partial charge in [-0.05, 0) is 47.4 Å². The largest absolute Gasteiger partial charge is 0.481 e. The molecule has 180 valence electrons. The lowest BCUT2D eigenvalue weighted by Crippen LogP contribution is -2.43. The van der Waals surface area contributed by atoms with E-state index in [9.17, 15) is 14.4 Å². The lowest BCUT2D eigenvalue weighted by atomic mass is 9.98. The number of rotatable bonds is 9. The van der Waals surface area contributed by atoms with E-state index in [1.165, 1.54) is 11.1 Å². The molecule has 0 aromatic heterocycles. The molecule has 1 fully saturated rings. The number of hydrogen-bond donors (Lipinski definition) is 3. The van der Waals surface area contributed by atoms with Gasteiger partial charge in [-0.2, -0.15) is 0 Å². The topological polar surface area (TPSA) is 105 Å². The smallest absolute Gasteiger partial charge is 0.407 e. The third-order valence-corrected chi connectivity index (χ3v) is 7.03. The van der Waals surface area contributed by atoms with E-state index in [-0.39, 0.29) is 49.3 Å². The number of carbonyl (C=O) groups is 3. The number of amides is 2. The molecule has 2 unspecified atom stereocenters. The van der Waals surface area contributed by atoms with Crippen molar-refractivity contribution in [2.75, 3.05) is 6.61 Å².